The van der Waals surface area contributed by atoms with Crippen LogP contribution in [0.25, 0.3) is 16.8 Å². The number of carbonyl (C=O) groups is 1. The summed E-state index contributed by atoms with van der Waals surface area (Å²) in [7, 11) is 0. The third-order valence-electron chi connectivity index (χ3n) is 3.92. The number of rotatable bonds is 2. The number of benzene rings is 1. The van der Waals surface area contributed by atoms with Gasteiger partial charge in [-0.05, 0) is 24.1 Å². The first-order chi connectivity index (χ1) is 11.1. The predicted molar refractivity (Wildman–Crippen MR) is 83.9 cm³/mol. The minimum atomic E-state index is -0.509. The standard InChI is InChI=1S/C16H12ClFN4O/c17-11-4-2-10(3-5-11)13-14(16(23)21-6-1-7-21)20-22-9-12(18)8-19-15(13)22/h2-5,8-9H,1,6-7H2. The molecule has 1 aromatic carbocycles. The van der Waals surface area contributed by atoms with E-state index in [4.69, 9.17) is 11.6 Å². The molecule has 0 radical (unpaired) electrons. The molecule has 23 heavy (non-hydrogen) atoms. The number of hydrogen-bond acceptors (Lipinski definition) is 3. The SMILES string of the molecule is O=C(c1nn2cc(F)cnc2c1-c1ccc(Cl)cc1)N1CCC1. The van der Waals surface area contributed by atoms with E-state index in [1.807, 2.05) is 0 Å². The van der Waals surface area contributed by atoms with E-state index in [9.17, 15) is 9.18 Å². The van der Waals surface area contributed by atoms with Crippen LogP contribution < -0.4 is 0 Å². The van der Waals surface area contributed by atoms with Crippen molar-refractivity contribution in [1.82, 2.24) is 19.5 Å². The second kappa shape index (κ2) is 5.31. The maximum atomic E-state index is 13.4. The first-order valence-electron chi connectivity index (χ1n) is 7.22. The quantitative estimate of drug-likeness (QED) is 0.725. The van der Waals surface area contributed by atoms with Crippen molar-refractivity contribution >= 4 is 23.2 Å². The normalized spacial score (nSPS) is 14.1. The summed E-state index contributed by atoms with van der Waals surface area (Å²) < 4.78 is 14.7. The lowest BCUT2D eigenvalue weighted by Gasteiger charge is -2.30. The molecule has 0 atom stereocenters. The van der Waals surface area contributed by atoms with Gasteiger partial charge in [0.1, 0.15) is 0 Å². The lowest BCUT2D eigenvalue weighted by Crippen LogP contribution is -2.42. The van der Waals surface area contributed by atoms with E-state index in [1.165, 1.54) is 10.7 Å². The Balaban J connectivity index is 1.94. The van der Waals surface area contributed by atoms with Crippen molar-refractivity contribution in [1.29, 1.82) is 0 Å². The van der Waals surface area contributed by atoms with Crippen LogP contribution in [-0.2, 0) is 0 Å². The molecule has 0 spiro atoms. The van der Waals surface area contributed by atoms with E-state index in [-0.39, 0.29) is 11.6 Å². The van der Waals surface area contributed by atoms with Crippen molar-refractivity contribution < 1.29 is 9.18 Å². The number of halogens is 2. The molecular formula is C16H12ClFN4O. The fourth-order valence-electron chi connectivity index (χ4n) is 2.61. The highest BCUT2D eigenvalue weighted by atomic mass is 35.5. The third-order valence-corrected chi connectivity index (χ3v) is 4.17. The van der Waals surface area contributed by atoms with Crippen molar-refractivity contribution in [3.8, 4) is 11.1 Å². The van der Waals surface area contributed by atoms with E-state index in [0.717, 1.165) is 18.2 Å². The summed E-state index contributed by atoms with van der Waals surface area (Å²) in [6, 6.07) is 7.08. The molecule has 1 amide bonds. The molecule has 0 N–H and O–H groups in total. The van der Waals surface area contributed by atoms with Crippen LogP contribution in [0.3, 0.4) is 0 Å². The number of nitrogens with zero attached hydrogens (tertiary/aromatic N) is 4. The van der Waals surface area contributed by atoms with Gasteiger partial charge >= 0.3 is 0 Å². The smallest absolute Gasteiger partial charge is 0.275 e. The van der Waals surface area contributed by atoms with Gasteiger partial charge < -0.3 is 4.90 Å². The summed E-state index contributed by atoms with van der Waals surface area (Å²) in [5.41, 5.74) is 2.09. The first-order valence-corrected chi connectivity index (χ1v) is 7.60. The summed E-state index contributed by atoms with van der Waals surface area (Å²) in [5, 5.41) is 4.86. The van der Waals surface area contributed by atoms with Crippen LogP contribution in [0.15, 0.2) is 36.7 Å². The molecule has 1 fully saturated rings. The monoisotopic (exact) mass is 330 g/mol. The lowest BCUT2D eigenvalue weighted by molar-refractivity contribution is 0.0646. The average Bonchev–Trinajstić information content (AvgIpc) is 2.84. The molecule has 0 bridgehead atoms. The van der Waals surface area contributed by atoms with Crippen molar-refractivity contribution in [3.05, 3.63) is 53.2 Å². The lowest BCUT2D eigenvalue weighted by atomic mass is 10.0. The van der Waals surface area contributed by atoms with Crippen LogP contribution in [0, 0.1) is 5.82 Å². The second-order valence-corrected chi connectivity index (χ2v) is 5.85. The van der Waals surface area contributed by atoms with Gasteiger partial charge in [0, 0.05) is 18.1 Å². The predicted octanol–water partition coefficient (Wildman–Crippen LogP) is 3.03. The number of amides is 1. The zero-order valence-electron chi connectivity index (χ0n) is 12.0. The van der Waals surface area contributed by atoms with Gasteiger partial charge in [0.05, 0.1) is 18.0 Å². The number of fused-ring (bicyclic) bond motifs is 1. The molecule has 4 rings (SSSR count). The van der Waals surface area contributed by atoms with E-state index in [0.29, 0.717) is 29.3 Å². The summed E-state index contributed by atoms with van der Waals surface area (Å²) >= 11 is 5.94. The van der Waals surface area contributed by atoms with Gasteiger partial charge in [-0.25, -0.2) is 13.9 Å². The maximum absolute atomic E-state index is 13.4. The topological polar surface area (TPSA) is 50.5 Å². The second-order valence-electron chi connectivity index (χ2n) is 5.42. The Labute approximate surface area is 136 Å². The summed E-state index contributed by atoms with van der Waals surface area (Å²) in [6.07, 6.45) is 3.32. The van der Waals surface area contributed by atoms with Crippen molar-refractivity contribution in [2.75, 3.05) is 13.1 Å². The molecule has 0 aliphatic carbocycles. The molecule has 2 aromatic heterocycles. The third kappa shape index (κ3) is 2.35. The summed E-state index contributed by atoms with van der Waals surface area (Å²) in [4.78, 5) is 18.5. The molecule has 3 heterocycles. The highest BCUT2D eigenvalue weighted by Gasteiger charge is 2.28. The molecular weight excluding hydrogens is 319 g/mol. The van der Waals surface area contributed by atoms with E-state index >= 15 is 0 Å². The molecule has 116 valence electrons. The van der Waals surface area contributed by atoms with Crippen LogP contribution in [0.2, 0.25) is 5.02 Å². The minimum absolute atomic E-state index is 0.160. The largest absolute Gasteiger partial charge is 0.337 e. The van der Waals surface area contributed by atoms with Crippen molar-refractivity contribution in [3.63, 3.8) is 0 Å². The highest BCUT2D eigenvalue weighted by molar-refractivity contribution is 6.30. The zero-order chi connectivity index (χ0) is 16.0. The van der Waals surface area contributed by atoms with E-state index in [2.05, 4.69) is 10.1 Å². The molecule has 7 heteroatoms. The Morgan fingerprint density at radius 2 is 1.96 bits per heavy atom. The van der Waals surface area contributed by atoms with Crippen molar-refractivity contribution in [2.45, 2.75) is 6.42 Å². The molecule has 1 aliphatic heterocycles. The Morgan fingerprint density at radius 1 is 1.22 bits per heavy atom. The summed E-state index contributed by atoms with van der Waals surface area (Å²) in [5.74, 6) is -0.669. The maximum Gasteiger partial charge on any atom is 0.275 e. The number of likely N-dealkylation sites (tertiary alicyclic amines) is 1. The van der Waals surface area contributed by atoms with Gasteiger partial charge in [-0.15, -0.1) is 0 Å². The average molecular weight is 331 g/mol. The minimum Gasteiger partial charge on any atom is -0.337 e. The first kappa shape index (κ1) is 14.1. The van der Waals surface area contributed by atoms with E-state index in [1.54, 1.807) is 29.2 Å². The molecule has 1 aliphatic rings. The van der Waals surface area contributed by atoms with Crippen LogP contribution in [-0.4, -0.2) is 38.5 Å². The van der Waals surface area contributed by atoms with Gasteiger partial charge in [0.15, 0.2) is 17.2 Å². The fraction of sp³-hybridized carbons (Fsp3) is 0.188. The van der Waals surface area contributed by atoms with Crippen molar-refractivity contribution in [2.24, 2.45) is 0 Å². The highest BCUT2D eigenvalue weighted by Crippen LogP contribution is 2.30. The van der Waals surface area contributed by atoms with Crippen LogP contribution in [0.1, 0.15) is 16.9 Å². The van der Waals surface area contributed by atoms with Gasteiger partial charge in [-0.2, -0.15) is 5.10 Å². The van der Waals surface area contributed by atoms with Gasteiger partial charge in [-0.1, -0.05) is 23.7 Å². The van der Waals surface area contributed by atoms with Gasteiger partial charge in [0.2, 0.25) is 0 Å². The van der Waals surface area contributed by atoms with Crippen LogP contribution >= 0.6 is 11.6 Å². The Hall–Kier alpha value is -2.47. The van der Waals surface area contributed by atoms with Gasteiger partial charge in [0.25, 0.3) is 5.91 Å². The molecule has 1 saturated heterocycles. The molecule has 0 saturated carbocycles. The Kier molecular flexibility index (Phi) is 3.27. The van der Waals surface area contributed by atoms with E-state index < -0.39 is 5.82 Å². The zero-order valence-corrected chi connectivity index (χ0v) is 12.8. The Bertz CT molecular complexity index is 902. The Morgan fingerprint density at radius 3 is 2.61 bits per heavy atom. The fourth-order valence-corrected chi connectivity index (χ4v) is 2.74. The summed E-state index contributed by atoms with van der Waals surface area (Å²) in [6.45, 7) is 1.43. The number of hydrogen-bond donors (Lipinski definition) is 0. The van der Waals surface area contributed by atoms with Gasteiger partial charge in [-0.3, -0.25) is 4.79 Å². The van der Waals surface area contributed by atoms with Crippen LogP contribution in [0.5, 0.6) is 0 Å². The molecule has 5 nitrogen and oxygen atoms in total. The number of aromatic nitrogens is 3. The molecule has 0 unspecified atom stereocenters. The van der Waals surface area contributed by atoms with Crippen LogP contribution in [0.4, 0.5) is 4.39 Å². The number of carbonyl (C=O) groups excluding carboxylic acids is 1. The molecule has 3 aromatic rings.